The summed E-state index contributed by atoms with van der Waals surface area (Å²) in [7, 11) is 0. The summed E-state index contributed by atoms with van der Waals surface area (Å²) in [6.07, 6.45) is -14.0. The number of carbonyl (C=O) groups excluding carboxylic acids is 4. The molecule has 23 heteroatoms. The highest BCUT2D eigenvalue weighted by Gasteiger charge is 2.58. The molecule has 6 aliphatic rings. The summed E-state index contributed by atoms with van der Waals surface area (Å²) in [4.78, 5) is 55.1. The van der Waals surface area contributed by atoms with E-state index in [0.717, 1.165) is 28.7 Å². The molecule has 6 fully saturated rings. The first kappa shape index (κ1) is 82.6. The molecule has 14 unspecified atom stereocenters. The van der Waals surface area contributed by atoms with Gasteiger partial charge in [-0.3, -0.25) is 19.2 Å². The van der Waals surface area contributed by atoms with Crippen LogP contribution >= 0.6 is 0 Å². The van der Waals surface area contributed by atoms with Gasteiger partial charge in [-0.05, 0) is 79.0 Å². The molecule has 4 N–H and O–H groups in total. The van der Waals surface area contributed by atoms with E-state index in [1.165, 1.54) is 27.7 Å². The maximum absolute atomic E-state index is 14.2. The number of ether oxygens (including phenoxy) is 15. The van der Waals surface area contributed by atoms with E-state index in [2.05, 4.69) is 76.7 Å². The third-order valence-electron chi connectivity index (χ3n) is 23.0. The molecule has 106 heavy (non-hydrogen) atoms. The number of hydrogen-bond acceptors (Lipinski definition) is 19. The van der Waals surface area contributed by atoms with Crippen molar-refractivity contribution in [3.63, 3.8) is 0 Å². The highest BCUT2D eigenvalue weighted by atomic mass is 16.8. The fourth-order valence-electron chi connectivity index (χ4n) is 16.2. The average Bonchev–Trinajstić information content (AvgIpc) is 0.761. The number of amides is 4. The first-order chi connectivity index (χ1) is 50.9. The van der Waals surface area contributed by atoms with Crippen LogP contribution in [0.4, 0.5) is 0 Å². The number of benzene rings is 4. The summed E-state index contributed by atoms with van der Waals surface area (Å²) in [5.74, 6) is -0.904. The zero-order chi connectivity index (χ0) is 75.9. The molecule has 4 aromatic carbocycles. The van der Waals surface area contributed by atoms with Crippen molar-refractivity contribution in [2.45, 2.75) is 298 Å². The zero-order valence-corrected chi connectivity index (χ0v) is 65.0. The van der Waals surface area contributed by atoms with Crippen molar-refractivity contribution in [2.75, 3.05) is 13.2 Å². The molecule has 586 valence electrons. The summed E-state index contributed by atoms with van der Waals surface area (Å²) in [5.41, 5.74) is 3.50. The molecular formula is C83H120N4O19. The summed E-state index contributed by atoms with van der Waals surface area (Å²) in [6.45, 7) is 31.3. The zero-order valence-electron chi connectivity index (χ0n) is 65.0. The Labute approximate surface area is 628 Å². The van der Waals surface area contributed by atoms with Crippen LogP contribution in [-0.2, 0) is 117 Å². The Balaban J connectivity index is 1.02. The van der Waals surface area contributed by atoms with Gasteiger partial charge in [0.25, 0.3) is 0 Å². The molecule has 4 amide bonds. The van der Waals surface area contributed by atoms with Gasteiger partial charge >= 0.3 is 0 Å². The van der Waals surface area contributed by atoms with Crippen LogP contribution in [0.3, 0.4) is 0 Å². The SMILES string of the molecule is CCC1O[C@@H](O[C@@H]2C(CC)O[C@@H](O[C@@H]3C(COCc4ccccc4)O[C@@H](O[C@@H]4C(CO[C@@H]5O[C@@H](C)[C@@H](C)C(C)C5C)O[C@@H](C)C(NC(C)=O)[C@H]4OCc4ccccc4)C(NC(C)=O)C3OCc3ccccc3)C(NC(C)=O)[C@H]2C)C(NC(C)=O)C(OCc2ccccc2)[C@@H]1O[C@@H]1OC(CC)[C@@H](C)[C@H](C)C1C. The van der Waals surface area contributed by atoms with Crippen molar-refractivity contribution in [3.8, 4) is 0 Å². The lowest BCUT2D eigenvalue weighted by atomic mass is 9.78. The predicted molar refractivity (Wildman–Crippen MR) is 395 cm³/mol. The minimum absolute atomic E-state index is 0.0142. The van der Waals surface area contributed by atoms with Crippen molar-refractivity contribution in [3.05, 3.63) is 144 Å². The van der Waals surface area contributed by atoms with E-state index >= 15 is 0 Å². The Morgan fingerprint density at radius 3 is 1.11 bits per heavy atom. The van der Waals surface area contributed by atoms with Crippen LogP contribution in [0, 0.1) is 41.4 Å². The molecule has 0 aromatic heterocycles. The van der Waals surface area contributed by atoms with Gasteiger partial charge in [0.2, 0.25) is 23.6 Å². The van der Waals surface area contributed by atoms with Gasteiger partial charge in [-0.25, -0.2) is 0 Å². The van der Waals surface area contributed by atoms with E-state index in [1.54, 1.807) is 0 Å². The van der Waals surface area contributed by atoms with E-state index in [0.29, 0.717) is 18.8 Å². The second kappa shape index (κ2) is 39.2. The van der Waals surface area contributed by atoms with Gasteiger partial charge in [0.15, 0.2) is 31.5 Å². The molecule has 23 nitrogen and oxygen atoms in total. The van der Waals surface area contributed by atoms with Gasteiger partial charge < -0.3 is 92.3 Å². The molecule has 6 saturated heterocycles. The molecule has 0 spiro atoms. The first-order valence-electron chi connectivity index (χ1n) is 38.8. The Kier molecular flexibility index (Phi) is 30.5. The van der Waals surface area contributed by atoms with E-state index in [4.69, 9.17) is 71.1 Å². The number of nitrogens with one attached hydrogen (secondary N) is 4. The molecule has 4 aromatic rings. The molecular weight excluding hydrogens is 1360 g/mol. The third kappa shape index (κ3) is 21.0. The predicted octanol–water partition coefficient (Wildman–Crippen LogP) is 10.7. The van der Waals surface area contributed by atoms with E-state index in [-0.39, 0.29) is 99.2 Å². The number of rotatable bonds is 31. The van der Waals surface area contributed by atoms with Gasteiger partial charge in [0.05, 0.1) is 88.3 Å². The third-order valence-corrected chi connectivity index (χ3v) is 23.0. The summed E-state index contributed by atoms with van der Waals surface area (Å²) < 4.78 is 106. The fraction of sp³-hybridized carbons (Fsp3) is 0.663. The van der Waals surface area contributed by atoms with Gasteiger partial charge in [-0.15, -0.1) is 0 Å². The van der Waals surface area contributed by atoms with Crippen molar-refractivity contribution >= 4 is 23.6 Å². The summed E-state index contributed by atoms with van der Waals surface area (Å²) >= 11 is 0. The van der Waals surface area contributed by atoms with Crippen LogP contribution in [0.25, 0.3) is 0 Å². The lowest BCUT2D eigenvalue weighted by molar-refractivity contribution is -0.365. The normalized spacial score (nSPS) is 37.7. The topological polar surface area (TPSA) is 255 Å². The van der Waals surface area contributed by atoms with Crippen LogP contribution in [0.15, 0.2) is 121 Å². The Bertz CT molecular complexity index is 3330. The fourth-order valence-corrected chi connectivity index (χ4v) is 16.2. The van der Waals surface area contributed by atoms with Crippen LogP contribution in [0.2, 0.25) is 0 Å². The lowest BCUT2D eigenvalue weighted by Crippen LogP contribution is -2.71. The van der Waals surface area contributed by atoms with Gasteiger partial charge in [-0.2, -0.15) is 0 Å². The highest BCUT2D eigenvalue weighted by Crippen LogP contribution is 2.43. The minimum atomic E-state index is -1.38. The van der Waals surface area contributed by atoms with Crippen molar-refractivity contribution in [1.82, 2.24) is 21.3 Å². The van der Waals surface area contributed by atoms with Gasteiger partial charge in [0, 0.05) is 45.4 Å². The van der Waals surface area contributed by atoms with Crippen molar-refractivity contribution in [1.29, 1.82) is 0 Å². The largest absolute Gasteiger partial charge is 0.374 e. The number of hydrogen-bond donors (Lipinski definition) is 4. The molecule has 6 aliphatic heterocycles. The monoisotopic (exact) mass is 1480 g/mol. The Hall–Kier alpha value is -5.84. The molecule has 0 bridgehead atoms. The Morgan fingerprint density at radius 1 is 0.302 bits per heavy atom. The van der Waals surface area contributed by atoms with Crippen LogP contribution < -0.4 is 21.3 Å². The standard InChI is InChI=1S/C83H120N4O19/c1-17-63-49(7)47(5)51(9)80(99-63)104-73-65(19-3)101-82(70(86-57(15)90)77(73)94-42-61-36-28-22-29-37-61)103-72-52(10)68(84-55(13)88)81(100-64(72)18-2)105-74-66(44-92-40-59-32-24-20-25-33-59)102-83(71(87-58(16)91)78(74)95-43-62-38-30-23-31-39-62)106-75-67(45-96-79-50(8)46(4)48(6)53(11)98-79)97-54(12)69(85-56(14)89)76(75)93-41-60-34-26-21-27-35-60/h20-39,46-54,63-83H,17-19,40-45H2,1-16H3,(H,84,88)(H,85,89)(H,86,90)(H,87,91)/t46?,47-,48-,49-,50?,51?,52+,53-,54-,63?,64?,65?,66?,67?,68?,69?,70?,71?,72-,73+,74+,75+,76+,77?,78?,79+,80-,81-,82-,83-/m0/s1. The van der Waals surface area contributed by atoms with E-state index < -0.39 is 141 Å². The first-order valence-corrected chi connectivity index (χ1v) is 38.8. The molecule has 6 heterocycles. The van der Waals surface area contributed by atoms with E-state index in [9.17, 15) is 19.2 Å². The maximum atomic E-state index is 14.2. The van der Waals surface area contributed by atoms with Gasteiger partial charge in [-0.1, -0.05) is 191 Å². The number of carbonyl (C=O) groups is 4. The van der Waals surface area contributed by atoms with Crippen LogP contribution in [-0.4, -0.2) is 178 Å². The molecule has 0 radical (unpaired) electrons. The van der Waals surface area contributed by atoms with Gasteiger partial charge in [0.1, 0.15) is 60.9 Å². The maximum Gasteiger partial charge on any atom is 0.217 e. The molecule has 0 saturated carbocycles. The molecule has 0 aliphatic carbocycles. The summed E-state index contributed by atoms with van der Waals surface area (Å²) in [5, 5.41) is 12.7. The summed E-state index contributed by atoms with van der Waals surface area (Å²) in [6, 6.07) is 35.1. The quantitative estimate of drug-likeness (QED) is 0.0365. The van der Waals surface area contributed by atoms with Crippen molar-refractivity contribution < 1.29 is 90.2 Å². The van der Waals surface area contributed by atoms with E-state index in [1.807, 2.05) is 149 Å². The smallest absolute Gasteiger partial charge is 0.217 e. The second-order valence-corrected chi connectivity index (χ2v) is 30.4. The average molecular weight is 1480 g/mol. The Morgan fingerprint density at radius 2 is 0.651 bits per heavy atom. The highest BCUT2D eigenvalue weighted by molar-refractivity contribution is 5.74. The molecule has 10 rings (SSSR count). The molecule has 30 atom stereocenters. The minimum Gasteiger partial charge on any atom is -0.374 e. The lowest BCUT2D eigenvalue weighted by Gasteiger charge is -2.53. The van der Waals surface area contributed by atoms with Crippen LogP contribution in [0.5, 0.6) is 0 Å². The van der Waals surface area contributed by atoms with Crippen molar-refractivity contribution in [2.24, 2.45) is 41.4 Å². The second-order valence-electron chi connectivity index (χ2n) is 30.4. The van der Waals surface area contributed by atoms with Crippen LogP contribution in [0.1, 0.15) is 152 Å².